The fourth-order valence-corrected chi connectivity index (χ4v) is 4.11. The van der Waals surface area contributed by atoms with Gasteiger partial charge in [-0.2, -0.15) is 0 Å². The molecule has 1 aliphatic rings. The van der Waals surface area contributed by atoms with Gasteiger partial charge in [0.1, 0.15) is 5.82 Å². The van der Waals surface area contributed by atoms with E-state index in [0.717, 1.165) is 11.3 Å². The molecule has 0 aliphatic carbocycles. The Bertz CT molecular complexity index is 1520. The summed E-state index contributed by atoms with van der Waals surface area (Å²) in [5.74, 6) is 0.0972. The van der Waals surface area contributed by atoms with Crippen LogP contribution in [-0.4, -0.2) is 26.9 Å². The fraction of sp³-hybridized carbons (Fsp3) is 0.0800. The Hall–Kier alpha value is -4.59. The molecule has 0 fully saturated rings. The molecule has 0 saturated carbocycles. The molecule has 0 bridgehead atoms. The number of fused-ring (bicyclic) bond motifs is 2. The van der Waals surface area contributed by atoms with Gasteiger partial charge in [-0.05, 0) is 43.3 Å². The van der Waals surface area contributed by atoms with E-state index in [9.17, 15) is 19.7 Å². The van der Waals surface area contributed by atoms with Crippen LogP contribution in [0.2, 0.25) is 0 Å². The number of amides is 1. The van der Waals surface area contributed by atoms with E-state index in [0.29, 0.717) is 28.7 Å². The van der Waals surface area contributed by atoms with Crippen LogP contribution in [0.5, 0.6) is 0 Å². The van der Waals surface area contributed by atoms with Gasteiger partial charge in [0.2, 0.25) is 0 Å². The first-order chi connectivity index (χ1) is 16.0. The number of hydrogen-bond acceptors (Lipinski definition) is 5. The minimum absolute atomic E-state index is 0.0843. The van der Waals surface area contributed by atoms with Crippen molar-refractivity contribution in [2.45, 2.75) is 6.92 Å². The van der Waals surface area contributed by atoms with Gasteiger partial charge in [-0.25, -0.2) is 4.98 Å². The van der Waals surface area contributed by atoms with Crippen molar-refractivity contribution in [3.05, 3.63) is 105 Å². The predicted octanol–water partition coefficient (Wildman–Crippen LogP) is 4.20. The number of likely N-dealkylation sites (N-methyl/N-ethyl adjacent to an activating group) is 1. The maximum atomic E-state index is 13.5. The molecule has 3 aromatic carbocycles. The molecule has 8 nitrogen and oxygen atoms in total. The summed E-state index contributed by atoms with van der Waals surface area (Å²) < 4.78 is 1.38. The van der Waals surface area contributed by atoms with Gasteiger partial charge >= 0.3 is 0 Å². The molecule has 0 radical (unpaired) electrons. The summed E-state index contributed by atoms with van der Waals surface area (Å²) in [5, 5.41) is 11.5. The minimum atomic E-state index is -0.498. The van der Waals surface area contributed by atoms with Crippen molar-refractivity contribution in [2.75, 3.05) is 11.4 Å². The number of carbonyl (C=O) groups excluding carboxylic acids is 1. The first-order valence-electron chi connectivity index (χ1n) is 10.4. The number of non-ortho nitro benzene ring substituents is 1. The van der Waals surface area contributed by atoms with E-state index in [1.165, 1.54) is 28.8 Å². The van der Waals surface area contributed by atoms with Gasteiger partial charge in [0.15, 0.2) is 0 Å². The van der Waals surface area contributed by atoms with E-state index in [-0.39, 0.29) is 23.0 Å². The second kappa shape index (κ2) is 7.83. The zero-order valence-electron chi connectivity index (χ0n) is 17.6. The van der Waals surface area contributed by atoms with Crippen LogP contribution in [0.1, 0.15) is 18.3 Å². The summed E-state index contributed by atoms with van der Waals surface area (Å²) in [6, 6.07) is 20.1. The summed E-state index contributed by atoms with van der Waals surface area (Å²) in [6.07, 6.45) is 1.62. The summed E-state index contributed by atoms with van der Waals surface area (Å²) >= 11 is 0. The van der Waals surface area contributed by atoms with Crippen molar-refractivity contribution in [3.8, 4) is 5.69 Å². The van der Waals surface area contributed by atoms with Crippen LogP contribution >= 0.6 is 0 Å². The summed E-state index contributed by atoms with van der Waals surface area (Å²) in [4.78, 5) is 43.6. The molecule has 0 unspecified atom stereocenters. The fourth-order valence-electron chi connectivity index (χ4n) is 4.11. The molecule has 0 N–H and O–H groups in total. The Kier molecular flexibility index (Phi) is 4.82. The highest BCUT2D eigenvalue weighted by Gasteiger charge is 2.31. The molecule has 1 aromatic heterocycles. The van der Waals surface area contributed by atoms with Crippen molar-refractivity contribution in [3.63, 3.8) is 0 Å². The third kappa shape index (κ3) is 3.28. The van der Waals surface area contributed by atoms with E-state index in [1.807, 2.05) is 31.2 Å². The van der Waals surface area contributed by atoms with Gasteiger partial charge < -0.3 is 4.90 Å². The van der Waals surface area contributed by atoms with Gasteiger partial charge in [-0.3, -0.25) is 24.3 Å². The van der Waals surface area contributed by atoms with Gasteiger partial charge in [0.05, 0.1) is 32.8 Å². The van der Waals surface area contributed by atoms with E-state index >= 15 is 0 Å². The van der Waals surface area contributed by atoms with Crippen LogP contribution < -0.4 is 10.5 Å². The largest absolute Gasteiger partial charge is 0.308 e. The summed E-state index contributed by atoms with van der Waals surface area (Å²) in [6.45, 7) is 2.41. The number of aromatic nitrogens is 2. The van der Waals surface area contributed by atoms with Gasteiger partial charge in [-0.1, -0.05) is 30.3 Å². The third-order valence-electron chi connectivity index (χ3n) is 5.67. The van der Waals surface area contributed by atoms with E-state index in [2.05, 4.69) is 4.98 Å². The van der Waals surface area contributed by atoms with Crippen molar-refractivity contribution >= 4 is 39.8 Å². The lowest BCUT2D eigenvalue weighted by Gasteiger charge is -2.13. The average Bonchev–Trinajstić information content (AvgIpc) is 3.10. The van der Waals surface area contributed by atoms with Crippen molar-refractivity contribution in [1.29, 1.82) is 0 Å². The van der Waals surface area contributed by atoms with Crippen molar-refractivity contribution in [1.82, 2.24) is 9.55 Å². The van der Waals surface area contributed by atoms with Crippen LogP contribution in [0.25, 0.3) is 28.2 Å². The second-order valence-corrected chi connectivity index (χ2v) is 7.53. The van der Waals surface area contributed by atoms with E-state index in [1.54, 1.807) is 35.2 Å². The molecule has 162 valence electrons. The second-order valence-electron chi connectivity index (χ2n) is 7.53. The number of rotatable bonds is 4. The Morgan fingerprint density at radius 2 is 1.67 bits per heavy atom. The molecule has 8 heteroatoms. The Morgan fingerprint density at radius 3 is 2.39 bits per heavy atom. The molecule has 0 saturated heterocycles. The first-order valence-corrected chi connectivity index (χ1v) is 10.4. The monoisotopic (exact) mass is 438 g/mol. The number of nitro benzene ring substituents is 1. The summed E-state index contributed by atoms with van der Waals surface area (Å²) in [7, 11) is 0. The smallest absolute Gasteiger partial charge is 0.269 e. The lowest BCUT2D eigenvalue weighted by molar-refractivity contribution is -0.384. The minimum Gasteiger partial charge on any atom is -0.308 e. The topological polar surface area (TPSA) is 98.3 Å². The summed E-state index contributed by atoms with van der Waals surface area (Å²) in [5.41, 5.74) is 2.51. The number of anilines is 1. The van der Waals surface area contributed by atoms with Crippen LogP contribution in [-0.2, 0) is 4.79 Å². The third-order valence-corrected chi connectivity index (χ3v) is 5.67. The molecule has 2 heterocycles. The number of para-hydroxylation sites is 2. The van der Waals surface area contributed by atoms with Gasteiger partial charge in [-0.15, -0.1) is 0 Å². The highest BCUT2D eigenvalue weighted by atomic mass is 16.6. The lowest BCUT2D eigenvalue weighted by atomic mass is 10.1. The first kappa shape index (κ1) is 20.3. The SMILES string of the molecule is CCN1C(=O)C(=Cc2nc3ccccc3c(=O)n2-c2ccc([N+](=O)[O-])cc2)c2ccccc21. The van der Waals surface area contributed by atoms with Crippen LogP contribution in [0.15, 0.2) is 77.6 Å². The molecule has 4 aromatic rings. The molecular weight excluding hydrogens is 420 g/mol. The molecule has 33 heavy (non-hydrogen) atoms. The maximum Gasteiger partial charge on any atom is 0.269 e. The number of carbonyl (C=O) groups is 1. The van der Waals surface area contributed by atoms with Crippen molar-refractivity contribution < 1.29 is 9.72 Å². The number of nitrogens with zero attached hydrogens (tertiary/aromatic N) is 4. The molecule has 1 aliphatic heterocycles. The Labute approximate surface area is 188 Å². The predicted molar refractivity (Wildman–Crippen MR) is 126 cm³/mol. The van der Waals surface area contributed by atoms with Crippen LogP contribution in [0.3, 0.4) is 0 Å². The maximum absolute atomic E-state index is 13.5. The Morgan fingerprint density at radius 1 is 0.970 bits per heavy atom. The number of nitro groups is 1. The van der Waals surface area contributed by atoms with Crippen LogP contribution in [0, 0.1) is 10.1 Å². The Balaban J connectivity index is 1.78. The lowest BCUT2D eigenvalue weighted by Crippen LogP contribution is -2.26. The number of benzene rings is 3. The zero-order valence-corrected chi connectivity index (χ0v) is 17.6. The standard InChI is InChI=1S/C25H18N4O4/c1-2-27-22-10-6-4-7-18(22)20(24(27)30)15-23-26-21-9-5-3-8-19(21)25(31)28(23)16-11-13-17(14-12-16)29(32)33/h3-15H,2H2,1H3. The van der Waals surface area contributed by atoms with Crippen molar-refractivity contribution in [2.24, 2.45) is 0 Å². The quantitative estimate of drug-likeness (QED) is 0.270. The molecule has 1 amide bonds. The molecule has 5 rings (SSSR count). The highest BCUT2D eigenvalue weighted by Crippen LogP contribution is 2.37. The zero-order chi connectivity index (χ0) is 23.1. The van der Waals surface area contributed by atoms with Gasteiger partial charge in [0, 0.05) is 24.2 Å². The highest BCUT2D eigenvalue weighted by molar-refractivity contribution is 6.35. The number of hydrogen-bond donors (Lipinski definition) is 0. The van der Waals surface area contributed by atoms with E-state index < -0.39 is 4.92 Å². The van der Waals surface area contributed by atoms with E-state index in [4.69, 9.17) is 0 Å². The molecular formula is C25H18N4O4. The normalized spacial score (nSPS) is 14.2. The average molecular weight is 438 g/mol. The molecule has 0 spiro atoms. The van der Waals surface area contributed by atoms with Crippen LogP contribution in [0.4, 0.5) is 11.4 Å². The molecule has 0 atom stereocenters. The van der Waals surface area contributed by atoms with Gasteiger partial charge in [0.25, 0.3) is 17.2 Å².